The average Bonchev–Trinajstić information content (AvgIpc) is 2.93. The van der Waals surface area contributed by atoms with Gasteiger partial charge in [-0.05, 0) is 83.9 Å². The number of halogens is 2. The Labute approximate surface area is 227 Å². The first kappa shape index (κ1) is 26.4. The van der Waals surface area contributed by atoms with E-state index in [9.17, 15) is 18.8 Å². The minimum absolute atomic E-state index is 0.0254. The summed E-state index contributed by atoms with van der Waals surface area (Å²) in [5.74, 6) is -1.64. The van der Waals surface area contributed by atoms with Crippen LogP contribution in [0.25, 0.3) is 12.2 Å². The van der Waals surface area contributed by atoms with Crippen LogP contribution >= 0.6 is 15.9 Å². The molecule has 4 rings (SSSR count). The summed E-state index contributed by atoms with van der Waals surface area (Å²) in [6.07, 6.45) is 4.67. The minimum Gasteiger partial charge on any atom is -0.321 e. The van der Waals surface area contributed by atoms with Crippen molar-refractivity contribution in [1.82, 2.24) is 5.32 Å². The molecule has 0 aliphatic heterocycles. The van der Waals surface area contributed by atoms with Crippen molar-refractivity contribution in [3.8, 4) is 0 Å². The predicted octanol–water partition coefficient (Wildman–Crippen LogP) is 6.89. The molecule has 0 saturated carbocycles. The summed E-state index contributed by atoms with van der Waals surface area (Å²) >= 11 is 3.40. The smallest absolute Gasteiger partial charge is 0.272 e. The van der Waals surface area contributed by atoms with Crippen molar-refractivity contribution in [1.29, 1.82) is 0 Å². The van der Waals surface area contributed by atoms with Crippen molar-refractivity contribution in [2.75, 3.05) is 5.32 Å². The number of carbonyl (C=O) groups excluding carboxylic acids is 3. The zero-order valence-electron chi connectivity index (χ0n) is 20.0. The Morgan fingerprint density at radius 2 is 1.45 bits per heavy atom. The topological polar surface area (TPSA) is 75.3 Å². The summed E-state index contributed by atoms with van der Waals surface area (Å²) in [6, 6.07) is 28.0. The lowest BCUT2D eigenvalue weighted by atomic mass is 10.1. The SMILES string of the molecule is O=C(Nc1ccc(C(=O)/C=C/c2cccc(Br)c2)cc1)/C(=C/c1ccc(F)cc1)NC(=O)c1ccccc1. The Hall–Kier alpha value is -4.62. The molecular weight excluding hydrogens is 547 g/mol. The Morgan fingerprint density at radius 3 is 2.13 bits per heavy atom. The van der Waals surface area contributed by atoms with E-state index in [0.717, 1.165) is 10.0 Å². The predicted molar refractivity (Wildman–Crippen MR) is 151 cm³/mol. The number of benzene rings is 4. The maximum absolute atomic E-state index is 13.3. The highest BCUT2D eigenvalue weighted by Gasteiger charge is 2.15. The zero-order chi connectivity index (χ0) is 26.9. The summed E-state index contributed by atoms with van der Waals surface area (Å²) in [5.41, 5.74) is 2.65. The maximum Gasteiger partial charge on any atom is 0.272 e. The number of hydrogen-bond acceptors (Lipinski definition) is 3. The lowest BCUT2D eigenvalue weighted by molar-refractivity contribution is -0.113. The average molecular weight is 569 g/mol. The van der Waals surface area contributed by atoms with E-state index in [1.54, 1.807) is 60.7 Å². The molecule has 7 heteroatoms. The third-order valence-corrected chi connectivity index (χ3v) is 5.91. The second-order valence-corrected chi connectivity index (χ2v) is 9.13. The third kappa shape index (κ3) is 7.44. The van der Waals surface area contributed by atoms with Gasteiger partial charge in [0.05, 0.1) is 0 Å². The second kappa shape index (κ2) is 12.6. The molecule has 4 aromatic carbocycles. The van der Waals surface area contributed by atoms with E-state index in [0.29, 0.717) is 22.4 Å². The fraction of sp³-hybridized carbons (Fsp3) is 0. The molecule has 0 heterocycles. The number of nitrogens with one attached hydrogen (secondary N) is 2. The van der Waals surface area contributed by atoms with Gasteiger partial charge in [0.25, 0.3) is 11.8 Å². The van der Waals surface area contributed by atoms with E-state index < -0.39 is 17.6 Å². The van der Waals surface area contributed by atoms with Gasteiger partial charge in [-0.15, -0.1) is 0 Å². The van der Waals surface area contributed by atoms with Crippen molar-refractivity contribution >= 4 is 51.4 Å². The molecule has 38 heavy (non-hydrogen) atoms. The molecule has 5 nitrogen and oxygen atoms in total. The fourth-order valence-corrected chi connectivity index (χ4v) is 3.88. The van der Waals surface area contributed by atoms with Crippen LogP contribution in [0.3, 0.4) is 0 Å². The second-order valence-electron chi connectivity index (χ2n) is 8.21. The van der Waals surface area contributed by atoms with E-state index in [-0.39, 0.29) is 11.5 Å². The van der Waals surface area contributed by atoms with E-state index >= 15 is 0 Å². The Balaban J connectivity index is 1.49. The minimum atomic E-state index is -0.577. The molecule has 0 atom stereocenters. The number of amides is 2. The Morgan fingerprint density at radius 1 is 0.737 bits per heavy atom. The lowest BCUT2D eigenvalue weighted by Gasteiger charge is -2.12. The van der Waals surface area contributed by atoms with Crippen LogP contribution < -0.4 is 10.6 Å². The van der Waals surface area contributed by atoms with Gasteiger partial charge in [0.2, 0.25) is 0 Å². The van der Waals surface area contributed by atoms with Crippen LogP contribution in [0.1, 0.15) is 31.8 Å². The number of rotatable bonds is 8. The Kier molecular flexibility index (Phi) is 8.74. The first-order chi connectivity index (χ1) is 18.4. The molecule has 0 bridgehead atoms. The third-order valence-electron chi connectivity index (χ3n) is 5.41. The van der Waals surface area contributed by atoms with Gasteiger partial charge in [-0.2, -0.15) is 0 Å². The number of hydrogen-bond donors (Lipinski definition) is 2. The van der Waals surface area contributed by atoms with Gasteiger partial charge in [0, 0.05) is 21.3 Å². The molecule has 2 amide bonds. The molecule has 0 saturated heterocycles. The molecule has 0 spiro atoms. The van der Waals surface area contributed by atoms with E-state index in [2.05, 4.69) is 26.6 Å². The Bertz CT molecular complexity index is 1510. The van der Waals surface area contributed by atoms with E-state index in [1.807, 2.05) is 24.3 Å². The largest absolute Gasteiger partial charge is 0.321 e. The first-order valence-electron chi connectivity index (χ1n) is 11.6. The molecule has 0 fully saturated rings. The fourth-order valence-electron chi connectivity index (χ4n) is 3.46. The van der Waals surface area contributed by atoms with Gasteiger partial charge in [-0.25, -0.2) is 4.39 Å². The van der Waals surface area contributed by atoms with Crippen LogP contribution in [0, 0.1) is 5.82 Å². The van der Waals surface area contributed by atoms with Crippen molar-refractivity contribution in [2.45, 2.75) is 0 Å². The van der Waals surface area contributed by atoms with Crippen LogP contribution in [0.5, 0.6) is 0 Å². The van der Waals surface area contributed by atoms with Crippen LogP contribution in [0.15, 0.2) is 119 Å². The van der Waals surface area contributed by atoms with Crippen LogP contribution in [0.4, 0.5) is 10.1 Å². The molecule has 0 aromatic heterocycles. The van der Waals surface area contributed by atoms with Crippen LogP contribution in [0.2, 0.25) is 0 Å². The van der Waals surface area contributed by atoms with Gasteiger partial charge in [0.1, 0.15) is 11.5 Å². The number of ketones is 1. The molecule has 0 radical (unpaired) electrons. The number of allylic oxidation sites excluding steroid dienone is 1. The summed E-state index contributed by atoms with van der Waals surface area (Å²) in [5, 5.41) is 5.36. The highest BCUT2D eigenvalue weighted by molar-refractivity contribution is 9.10. The highest BCUT2D eigenvalue weighted by Crippen LogP contribution is 2.16. The zero-order valence-corrected chi connectivity index (χ0v) is 21.6. The van der Waals surface area contributed by atoms with Crippen LogP contribution in [-0.2, 0) is 4.79 Å². The number of carbonyl (C=O) groups is 3. The molecule has 0 aliphatic carbocycles. The molecule has 0 aliphatic rings. The van der Waals surface area contributed by atoms with E-state index in [4.69, 9.17) is 0 Å². The molecule has 4 aromatic rings. The van der Waals surface area contributed by atoms with Gasteiger partial charge < -0.3 is 10.6 Å². The molecule has 188 valence electrons. The molecular formula is C31H22BrFN2O3. The van der Waals surface area contributed by atoms with Gasteiger partial charge in [-0.1, -0.05) is 64.5 Å². The van der Waals surface area contributed by atoms with E-state index in [1.165, 1.54) is 36.4 Å². The molecule has 0 unspecified atom stereocenters. The van der Waals surface area contributed by atoms with Crippen molar-refractivity contribution in [2.24, 2.45) is 0 Å². The summed E-state index contributed by atoms with van der Waals surface area (Å²) in [4.78, 5) is 38.4. The quantitative estimate of drug-likeness (QED) is 0.179. The standard InChI is InChI=1S/C31H22BrFN2O3/c32-25-8-4-5-21(19-25)11-18-29(36)23-12-16-27(17-13-23)34-31(38)28(20-22-9-14-26(33)15-10-22)35-30(37)24-6-2-1-3-7-24/h1-20H,(H,34,38)(H,35,37)/b18-11+,28-20-. The highest BCUT2D eigenvalue weighted by atomic mass is 79.9. The van der Waals surface area contributed by atoms with Gasteiger partial charge >= 0.3 is 0 Å². The van der Waals surface area contributed by atoms with Gasteiger partial charge in [-0.3, -0.25) is 14.4 Å². The summed E-state index contributed by atoms with van der Waals surface area (Å²) in [7, 11) is 0. The monoisotopic (exact) mass is 568 g/mol. The maximum atomic E-state index is 13.3. The van der Waals surface area contributed by atoms with Gasteiger partial charge in [0.15, 0.2) is 5.78 Å². The van der Waals surface area contributed by atoms with Crippen molar-refractivity contribution < 1.29 is 18.8 Å². The van der Waals surface area contributed by atoms with Crippen molar-refractivity contribution in [3.05, 3.63) is 147 Å². The molecule has 2 N–H and O–H groups in total. The lowest BCUT2D eigenvalue weighted by Crippen LogP contribution is -2.30. The first-order valence-corrected chi connectivity index (χ1v) is 12.4. The summed E-state index contributed by atoms with van der Waals surface area (Å²) in [6.45, 7) is 0. The normalized spacial score (nSPS) is 11.3. The van der Waals surface area contributed by atoms with Crippen LogP contribution in [-0.4, -0.2) is 17.6 Å². The number of anilines is 1. The van der Waals surface area contributed by atoms with Crippen molar-refractivity contribution in [3.63, 3.8) is 0 Å². The summed E-state index contributed by atoms with van der Waals surface area (Å²) < 4.78 is 14.3.